The van der Waals surface area contributed by atoms with Crippen LogP contribution in [0.25, 0.3) is 0 Å². The summed E-state index contributed by atoms with van der Waals surface area (Å²) in [6.45, 7) is 1.62. The van der Waals surface area contributed by atoms with Crippen molar-refractivity contribution in [3.05, 3.63) is 53.6 Å². The van der Waals surface area contributed by atoms with E-state index in [0.717, 1.165) is 19.4 Å². The maximum absolute atomic E-state index is 12.1. The fourth-order valence-electron chi connectivity index (χ4n) is 2.67. The zero-order valence-electron chi connectivity index (χ0n) is 14.4. The van der Waals surface area contributed by atoms with E-state index in [1.807, 2.05) is 24.3 Å². The van der Waals surface area contributed by atoms with Crippen molar-refractivity contribution < 1.29 is 19.0 Å². The highest BCUT2D eigenvalue weighted by Gasteiger charge is 2.16. The fraction of sp³-hybridized carbons (Fsp3) is 0.350. The van der Waals surface area contributed by atoms with E-state index in [-0.39, 0.29) is 25.0 Å². The third kappa shape index (κ3) is 5.93. The maximum Gasteiger partial charge on any atom is 0.227 e. The van der Waals surface area contributed by atoms with Gasteiger partial charge in [0.25, 0.3) is 0 Å². The molecule has 1 atom stereocenters. The van der Waals surface area contributed by atoms with Gasteiger partial charge in [0.1, 0.15) is 18.1 Å². The Bertz CT molecular complexity index is 731. The van der Waals surface area contributed by atoms with E-state index in [0.29, 0.717) is 28.8 Å². The van der Waals surface area contributed by atoms with E-state index in [2.05, 4.69) is 5.32 Å². The zero-order valence-corrected chi connectivity index (χ0v) is 15.2. The lowest BCUT2D eigenvalue weighted by molar-refractivity contribution is -0.116. The number of carbonyl (C=O) groups is 1. The molecule has 1 aliphatic rings. The Morgan fingerprint density at radius 3 is 2.73 bits per heavy atom. The monoisotopic (exact) mass is 375 g/mol. The number of ether oxygens (including phenoxy) is 3. The molecule has 1 saturated heterocycles. The highest BCUT2D eigenvalue weighted by molar-refractivity contribution is 6.30. The second-order valence-corrected chi connectivity index (χ2v) is 6.51. The smallest absolute Gasteiger partial charge is 0.227 e. The molecular formula is C20H22ClNO4. The molecule has 2 aromatic rings. The number of nitrogens with one attached hydrogen (secondary N) is 1. The largest absolute Gasteiger partial charge is 0.493 e. The van der Waals surface area contributed by atoms with E-state index in [4.69, 9.17) is 25.8 Å². The lowest BCUT2D eigenvalue weighted by atomic mass is 10.2. The summed E-state index contributed by atoms with van der Waals surface area (Å²) in [4.78, 5) is 12.1. The predicted molar refractivity (Wildman–Crippen MR) is 101 cm³/mol. The van der Waals surface area contributed by atoms with Crippen LogP contribution in [0.5, 0.6) is 11.5 Å². The van der Waals surface area contributed by atoms with Crippen molar-refractivity contribution in [2.24, 2.45) is 0 Å². The number of anilines is 1. The van der Waals surface area contributed by atoms with Crippen LogP contribution in [-0.2, 0) is 9.53 Å². The Morgan fingerprint density at radius 1 is 1.15 bits per heavy atom. The minimum absolute atomic E-state index is 0.122. The molecular weight excluding hydrogens is 354 g/mol. The molecule has 1 amide bonds. The first-order valence-electron chi connectivity index (χ1n) is 8.72. The Hall–Kier alpha value is -2.24. The van der Waals surface area contributed by atoms with Crippen molar-refractivity contribution in [3.63, 3.8) is 0 Å². The molecule has 0 bridgehead atoms. The van der Waals surface area contributed by atoms with Gasteiger partial charge in [0.2, 0.25) is 5.91 Å². The number of carbonyl (C=O) groups excluding carboxylic acids is 1. The SMILES string of the molecule is O=C(CCOc1cccc(Cl)c1)Nc1cccc(OCC2CCCO2)c1. The fourth-order valence-corrected chi connectivity index (χ4v) is 2.85. The number of amides is 1. The van der Waals surface area contributed by atoms with Gasteiger partial charge in [0.05, 0.1) is 19.1 Å². The summed E-state index contributed by atoms with van der Waals surface area (Å²) in [5, 5.41) is 3.46. The minimum atomic E-state index is -0.122. The van der Waals surface area contributed by atoms with Gasteiger partial charge in [0, 0.05) is 23.4 Å². The van der Waals surface area contributed by atoms with Crippen LogP contribution >= 0.6 is 11.6 Å². The lowest BCUT2D eigenvalue weighted by Gasteiger charge is -2.12. The molecule has 0 saturated carbocycles. The molecule has 1 fully saturated rings. The van der Waals surface area contributed by atoms with Crippen LogP contribution in [0.2, 0.25) is 5.02 Å². The van der Waals surface area contributed by atoms with E-state index in [9.17, 15) is 4.79 Å². The highest BCUT2D eigenvalue weighted by atomic mass is 35.5. The average molecular weight is 376 g/mol. The Morgan fingerprint density at radius 2 is 1.96 bits per heavy atom. The summed E-state index contributed by atoms with van der Waals surface area (Å²) >= 11 is 5.90. The number of benzene rings is 2. The number of halogens is 1. The third-order valence-electron chi connectivity index (χ3n) is 3.97. The quantitative estimate of drug-likeness (QED) is 0.747. The topological polar surface area (TPSA) is 56.8 Å². The van der Waals surface area contributed by atoms with Gasteiger partial charge in [-0.05, 0) is 43.2 Å². The van der Waals surface area contributed by atoms with Gasteiger partial charge in [0.15, 0.2) is 0 Å². The predicted octanol–water partition coefficient (Wildman–Crippen LogP) is 4.31. The summed E-state index contributed by atoms with van der Waals surface area (Å²) in [7, 11) is 0. The van der Waals surface area contributed by atoms with Crippen LogP contribution in [-0.4, -0.2) is 31.8 Å². The Labute approximate surface area is 158 Å². The molecule has 6 heteroatoms. The molecule has 0 aromatic heterocycles. The molecule has 1 heterocycles. The first kappa shape index (κ1) is 18.5. The van der Waals surface area contributed by atoms with Crippen LogP contribution in [0.15, 0.2) is 48.5 Å². The van der Waals surface area contributed by atoms with Crippen molar-refractivity contribution in [1.29, 1.82) is 0 Å². The van der Waals surface area contributed by atoms with Crippen molar-refractivity contribution in [2.75, 3.05) is 25.1 Å². The molecule has 2 aromatic carbocycles. The number of rotatable bonds is 8. The molecule has 138 valence electrons. The second-order valence-electron chi connectivity index (χ2n) is 6.08. The normalized spacial score (nSPS) is 16.3. The highest BCUT2D eigenvalue weighted by Crippen LogP contribution is 2.20. The second kappa shape index (κ2) is 9.46. The van der Waals surface area contributed by atoms with Crippen molar-refractivity contribution in [2.45, 2.75) is 25.4 Å². The van der Waals surface area contributed by atoms with E-state index in [1.54, 1.807) is 24.3 Å². The van der Waals surface area contributed by atoms with Crippen LogP contribution in [0, 0.1) is 0 Å². The number of hydrogen-bond acceptors (Lipinski definition) is 4. The van der Waals surface area contributed by atoms with Gasteiger partial charge in [-0.3, -0.25) is 4.79 Å². The van der Waals surface area contributed by atoms with E-state index >= 15 is 0 Å². The van der Waals surface area contributed by atoms with Gasteiger partial charge in [-0.2, -0.15) is 0 Å². The van der Waals surface area contributed by atoms with Gasteiger partial charge in [-0.25, -0.2) is 0 Å². The lowest BCUT2D eigenvalue weighted by Crippen LogP contribution is -2.17. The van der Waals surface area contributed by atoms with Crippen molar-refractivity contribution in [1.82, 2.24) is 0 Å². The molecule has 0 spiro atoms. The van der Waals surface area contributed by atoms with Gasteiger partial charge >= 0.3 is 0 Å². The Kier molecular flexibility index (Phi) is 6.75. The summed E-state index contributed by atoms with van der Waals surface area (Å²) in [6.07, 6.45) is 2.52. The van der Waals surface area contributed by atoms with Crippen LogP contribution < -0.4 is 14.8 Å². The zero-order chi connectivity index (χ0) is 18.2. The molecule has 3 rings (SSSR count). The molecule has 1 aliphatic heterocycles. The van der Waals surface area contributed by atoms with Crippen LogP contribution in [0.4, 0.5) is 5.69 Å². The summed E-state index contributed by atoms with van der Waals surface area (Å²) < 4.78 is 16.8. The van der Waals surface area contributed by atoms with Crippen LogP contribution in [0.3, 0.4) is 0 Å². The van der Waals surface area contributed by atoms with Gasteiger partial charge in [-0.1, -0.05) is 23.7 Å². The summed E-state index contributed by atoms with van der Waals surface area (Å²) in [5.74, 6) is 1.24. The summed E-state index contributed by atoms with van der Waals surface area (Å²) in [5.41, 5.74) is 0.697. The first-order valence-corrected chi connectivity index (χ1v) is 9.09. The average Bonchev–Trinajstić information content (AvgIpc) is 3.14. The minimum Gasteiger partial charge on any atom is -0.493 e. The molecule has 26 heavy (non-hydrogen) atoms. The number of hydrogen-bond donors (Lipinski definition) is 1. The van der Waals surface area contributed by atoms with Crippen molar-refractivity contribution >= 4 is 23.2 Å². The van der Waals surface area contributed by atoms with Crippen molar-refractivity contribution in [3.8, 4) is 11.5 Å². The third-order valence-corrected chi connectivity index (χ3v) is 4.21. The molecule has 1 unspecified atom stereocenters. The van der Waals surface area contributed by atoms with Gasteiger partial charge < -0.3 is 19.5 Å². The molecule has 5 nitrogen and oxygen atoms in total. The first-order chi connectivity index (χ1) is 12.7. The van der Waals surface area contributed by atoms with E-state index < -0.39 is 0 Å². The molecule has 1 N–H and O–H groups in total. The van der Waals surface area contributed by atoms with Crippen LogP contribution in [0.1, 0.15) is 19.3 Å². The van der Waals surface area contributed by atoms with Gasteiger partial charge in [-0.15, -0.1) is 0 Å². The maximum atomic E-state index is 12.1. The standard InChI is InChI=1S/C20H22ClNO4/c21-15-4-1-6-17(12-15)25-11-9-20(23)22-16-5-2-7-18(13-16)26-14-19-8-3-10-24-19/h1-2,4-7,12-13,19H,3,8-11,14H2,(H,22,23). The summed E-state index contributed by atoms with van der Waals surface area (Å²) in [6, 6.07) is 14.5. The molecule has 0 aliphatic carbocycles. The Balaban J connectivity index is 1.42. The van der Waals surface area contributed by atoms with E-state index in [1.165, 1.54) is 0 Å². The molecule has 0 radical (unpaired) electrons.